The van der Waals surface area contributed by atoms with Crippen molar-refractivity contribution in [2.75, 3.05) is 12.8 Å². The lowest BCUT2D eigenvalue weighted by molar-refractivity contribution is 0.304. The number of hydrogen-bond acceptors (Lipinski definition) is 2. The fraction of sp³-hybridized carbons (Fsp3) is 0.571. The SMILES string of the molecule is CNC(CS(=O)Cc1ccccc1)C(C)(C)C. The molecule has 0 amide bonds. The van der Waals surface area contributed by atoms with Gasteiger partial charge in [-0.25, -0.2) is 0 Å². The van der Waals surface area contributed by atoms with Crippen molar-refractivity contribution < 1.29 is 4.21 Å². The topological polar surface area (TPSA) is 29.1 Å². The first-order chi connectivity index (χ1) is 7.93. The smallest absolute Gasteiger partial charge is 0.0486 e. The molecular formula is C14H23NOS. The molecule has 17 heavy (non-hydrogen) atoms. The van der Waals surface area contributed by atoms with Crippen molar-refractivity contribution in [1.29, 1.82) is 0 Å². The molecule has 0 aliphatic rings. The van der Waals surface area contributed by atoms with E-state index in [1.54, 1.807) is 0 Å². The first-order valence-electron chi connectivity index (χ1n) is 5.99. The van der Waals surface area contributed by atoms with Gasteiger partial charge in [-0.15, -0.1) is 0 Å². The van der Waals surface area contributed by atoms with E-state index in [1.165, 1.54) is 0 Å². The van der Waals surface area contributed by atoms with E-state index in [2.05, 4.69) is 26.1 Å². The lowest BCUT2D eigenvalue weighted by Gasteiger charge is -2.30. The molecule has 1 aromatic carbocycles. The fourth-order valence-electron chi connectivity index (χ4n) is 1.77. The van der Waals surface area contributed by atoms with Crippen molar-refractivity contribution >= 4 is 10.8 Å². The van der Waals surface area contributed by atoms with Gasteiger partial charge in [0.25, 0.3) is 0 Å². The minimum atomic E-state index is -0.810. The Morgan fingerprint density at radius 3 is 2.29 bits per heavy atom. The van der Waals surface area contributed by atoms with Gasteiger partial charge in [-0.1, -0.05) is 51.1 Å². The standard InChI is InChI=1S/C14H23NOS/c1-14(2,3)13(15-4)11-17(16)10-12-8-6-5-7-9-12/h5-9,13,15H,10-11H2,1-4H3. The number of benzene rings is 1. The second-order valence-corrected chi connectivity index (χ2v) is 6.95. The Hall–Kier alpha value is -0.670. The van der Waals surface area contributed by atoms with Gasteiger partial charge < -0.3 is 5.32 Å². The summed E-state index contributed by atoms with van der Waals surface area (Å²) in [6.07, 6.45) is 0. The highest BCUT2D eigenvalue weighted by Crippen LogP contribution is 2.20. The molecule has 2 nitrogen and oxygen atoms in total. The third-order valence-electron chi connectivity index (χ3n) is 2.92. The van der Waals surface area contributed by atoms with Crippen LogP contribution in [0.15, 0.2) is 30.3 Å². The number of nitrogens with one attached hydrogen (secondary N) is 1. The monoisotopic (exact) mass is 253 g/mol. The Morgan fingerprint density at radius 2 is 1.82 bits per heavy atom. The van der Waals surface area contributed by atoms with Crippen LogP contribution in [0.4, 0.5) is 0 Å². The molecule has 0 aliphatic carbocycles. The van der Waals surface area contributed by atoms with Crippen LogP contribution in [0.1, 0.15) is 26.3 Å². The summed E-state index contributed by atoms with van der Waals surface area (Å²) in [4.78, 5) is 0. The largest absolute Gasteiger partial charge is 0.316 e. The predicted octanol–water partition coefficient (Wildman–Crippen LogP) is 2.57. The summed E-state index contributed by atoms with van der Waals surface area (Å²) in [5.41, 5.74) is 1.29. The van der Waals surface area contributed by atoms with E-state index in [4.69, 9.17) is 0 Å². The maximum Gasteiger partial charge on any atom is 0.0486 e. The van der Waals surface area contributed by atoms with E-state index in [0.717, 1.165) is 5.56 Å². The highest BCUT2D eigenvalue weighted by atomic mass is 32.2. The van der Waals surface area contributed by atoms with E-state index < -0.39 is 10.8 Å². The first-order valence-corrected chi connectivity index (χ1v) is 7.48. The molecule has 1 rings (SSSR count). The lowest BCUT2D eigenvalue weighted by atomic mass is 9.88. The van der Waals surface area contributed by atoms with E-state index in [9.17, 15) is 4.21 Å². The molecule has 0 radical (unpaired) electrons. The Morgan fingerprint density at radius 1 is 1.24 bits per heavy atom. The van der Waals surface area contributed by atoms with Crippen LogP contribution >= 0.6 is 0 Å². The Balaban J connectivity index is 2.55. The van der Waals surface area contributed by atoms with E-state index >= 15 is 0 Å². The molecule has 96 valence electrons. The zero-order valence-corrected chi connectivity index (χ0v) is 12.0. The summed E-state index contributed by atoms with van der Waals surface area (Å²) in [5, 5.41) is 3.27. The third kappa shape index (κ3) is 5.00. The average Bonchev–Trinajstić information content (AvgIpc) is 2.25. The van der Waals surface area contributed by atoms with Crippen LogP contribution in [0.5, 0.6) is 0 Å². The maximum absolute atomic E-state index is 12.1. The van der Waals surface area contributed by atoms with Crippen molar-refractivity contribution in [3.05, 3.63) is 35.9 Å². The van der Waals surface area contributed by atoms with Crippen molar-refractivity contribution in [1.82, 2.24) is 5.32 Å². The number of hydrogen-bond donors (Lipinski definition) is 1. The maximum atomic E-state index is 12.1. The Labute approximate surface area is 107 Å². The van der Waals surface area contributed by atoms with Crippen molar-refractivity contribution in [3.8, 4) is 0 Å². The second-order valence-electron chi connectivity index (χ2n) is 5.44. The molecule has 1 aromatic rings. The van der Waals surface area contributed by atoms with E-state index in [0.29, 0.717) is 11.5 Å². The third-order valence-corrected chi connectivity index (χ3v) is 4.28. The Kier molecular flexibility index (Phi) is 5.34. The van der Waals surface area contributed by atoms with Gasteiger partial charge >= 0.3 is 0 Å². The van der Waals surface area contributed by atoms with Gasteiger partial charge in [0.1, 0.15) is 0 Å². The van der Waals surface area contributed by atoms with Crippen LogP contribution in [-0.4, -0.2) is 23.1 Å². The van der Waals surface area contributed by atoms with Gasteiger partial charge in [-0.3, -0.25) is 4.21 Å². The van der Waals surface area contributed by atoms with Crippen LogP contribution in [0, 0.1) is 5.41 Å². The molecule has 0 fully saturated rings. The summed E-state index contributed by atoms with van der Waals surface area (Å²) in [5.74, 6) is 1.35. The lowest BCUT2D eigenvalue weighted by Crippen LogP contribution is -2.42. The minimum absolute atomic E-state index is 0.140. The minimum Gasteiger partial charge on any atom is -0.316 e. The van der Waals surface area contributed by atoms with Gasteiger partial charge in [-0.05, 0) is 18.0 Å². The number of rotatable bonds is 5. The zero-order chi connectivity index (χ0) is 12.9. The highest BCUT2D eigenvalue weighted by Gasteiger charge is 2.24. The molecule has 2 unspecified atom stereocenters. The van der Waals surface area contributed by atoms with Crippen molar-refractivity contribution in [2.24, 2.45) is 5.41 Å². The Bertz CT molecular complexity index is 356. The molecule has 0 spiro atoms. The molecule has 0 aromatic heterocycles. The van der Waals surface area contributed by atoms with Crippen molar-refractivity contribution in [3.63, 3.8) is 0 Å². The first kappa shape index (κ1) is 14.4. The van der Waals surface area contributed by atoms with Gasteiger partial charge in [0.05, 0.1) is 0 Å². The molecule has 0 heterocycles. The molecule has 2 atom stereocenters. The van der Waals surface area contributed by atoms with E-state index in [1.807, 2.05) is 37.4 Å². The summed E-state index contributed by atoms with van der Waals surface area (Å²) >= 11 is 0. The second kappa shape index (κ2) is 6.31. The van der Waals surface area contributed by atoms with Gasteiger partial charge in [0.2, 0.25) is 0 Å². The molecule has 0 saturated carbocycles. The predicted molar refractivity (Wildman–Crippen MR) is 75.5 cm³/mol. The van der Waals surface area contributed by atoms with Gasteiger partial charge in [-0.2, -0.15) is 0 Å². The summed E-state index contributed by atoms with van der Waals surface area (Å²) in [6.45, 7) is 6.52. The van der Waals surface area contributed by atoms with E-state index in [-0.39, 0.29) is 11.5 Å². The van der Waals surface area contributed by atoms with Crippen LogP contribution in [0.25, 0.3) is 0 Å². The van der Waals surface area contributed by atoms with Gasteiger partial charge in [0, 0.05) is 28.3 Å². The highest BCUT2D eigenvalue weighted by molar-refractivity contribution is 7.84. The van der Waals surface area contributed by atoms with Crippen molar-refractivity contribution in [2.45, 2.75) is 32.6 Å². The normalized spacial score (nSPS) is 15.5. The van der Waals surface area contributed by atoms with Crippen LogP contribution < -0.4 is 5.32 Å². The molecule has 3 heteroatoms. The molecule has 0 bridgehead atoms. The summed E-state index contributed by atoms with van der Waals surface area (Å²) in [7, 11) is 1.13. The summed E-state index contributed by atoms with van der Waals surface area (Å²) < 4.78 is 12.1. The molecular weight excluding hydrogens is 230 g/mol. The fourth-order valence-corrected chi connectivity index (χ4v) is 3.49. The van der Waals surface area contributed by atoms with Crippen LogP contribution in [0.2, 0.25) is 0 Å². The van der Waals surface area contributed by atoms with Gasteiger partial charge in [0.15, 0.2) is 0 Å². The van der Waals surface area contributed by atoms with Crippen LogP contribution in [0.3, 0.4) is 0 Å². The molecule has 0 saturated heterocycles. The summed E-state index contributed by atoms with van der Waals surface area (Å²) in [6, 6.07) is 10.3. The average molecular weight is 253 g/mol. The molecule has 1 N–H and O–H groups in total. The zero-order valence-electron chi connectivity index (χ0n) is 11.2. The molecule has 0 aliphatic heterocycles. The van der Waals surface area contributed by atoms with Crippen LogP contribution in [-0.2, 0) is 16.6 Å². The quantitative estimate of drug-likeness (QED) is 0.874.